The number of amides is 1. The van der Waals surface area contributed by atoms with Crippen LogP contribution in [0, 0.1) is 11.3 Å². The Kier molecular flexibility index (Phi) is 7.59. The predicted molar refractivity (Wildman–Crippen MR) is 118 cm³/mol. The molecule has 150 valence electrons. The molecule has 0 unspecified atom stereocenters. The molecular weight excluding hydrogens is 398 g/mol. The first-order valence-corrected chi connectivity index (χ1v) is 9.79. The van der Waals surface area contributed by atoms with E-state index in [4.69, 9.17) is 21.6 Å². The summed E-state index contributed by atoms with van der Waals surface area (Å²) in [5, 5.41) is 12.1. The Morgan fingerprint density at radius 1 is 1.10 bits per heavy atom. The van der Waals surface area contributed by atoms with Crippen molar-refractivity contribution in [2.75, 3.05) is 6.54 Å². The fourth-order valence-corrected chi connectivity index (χ4v) is 2.83. The monoisotopic (exact) mass is 417 g/mol. The van der Waals surface area contributed by atoms with E-state index in [2.05, 4.69) is 10.3 Å². The molecule has 3 rings (SSSR count). The van der Waals surface area contributed by atoms with E-state index < -0.39 is 0 Å². The zero-order valence-corrected chi connectivity index (χ0v) is 17.0. The summed E-state index contributed by atoms with van der Waals surface area (Å²) in [5.41, 5.74) is 2.92. The third-order valence-corrected chi connectivity index (χ3v) is 4.48. The molecule has 0 aliphatic heterocycles. The van der Waals surface area contributed by atoms with Gasteiger partial charge in [-0.2, -0.15) is 5.26 Å². The number of ether oxygens (including phenoxy) is 1. The van der Waals surface area contributed by atoms with Crippen LogP contribution in [0.3, 0.4) is 0 Å². The van der Waals surface area contributed by atoms with Crippen LogP contribution in [0.2, 0.25) is 5.02 Å². The first-order chi connectivity index (χ1) is 14.7. The standard InChI is InChI=1S/C24H20ClN3O2/c25-20-9-5-18(6-10-20)16-23(24(29)28-15-3-13-26)19-7-11-22(12-8-19)30-17-21-4-1-2-14-27-21/h1-2,4-12,14,16H,3,15,17H2,(H,28,29). The van der Waals surface area contributed by atoms with Crippen molar-refractivity contribution in [1.82, 2.24) is 10.3 Å². The molecule has 1 aromatic heterocycles. The first-order valence-electron chi connectivity index (χ1n) is 9.41. The van der Waals surface area contributed by atoms with E-state index in [-0.39, 0.29) is 12.3 Å². The van der Waals surface area contributed by atoms with Gasteiger partial charge in [-0.05, 0) is 53.6 Å². The molecule has 0 aliphatic rings. The van der Waals surface area contributed by atoms with Gasteiger partial charge in [-0.15, -0.1) is 0 Å². The minimum Gasteiger partial charge on any atom is -0.487 e. The number of pyridine rings is 1. The third-order valence-electron chi connectivity index (χ3n) is 4.23. The Bertz CT molecular complexity index is 1040. The van der Waals surface area contributed by atoms with Gasteiger partial charge in [-0.25, -0.2) is 0 Å². The van der Waals surface area contributed by atoms with E-state index in [0.717, 1.165) is 16.8 Å². The lowest BCUT2D eigenvalue weighted by atomic mass is 10.0. The first kappa shape index (κ1) is 21.1. The van der Waals surface area contributed by atoms with E-state index in [0.29, 0.717) is 29.5 Å². The number of hydrogen-bond acceptors (Lipinski definition) is 4. The number of carbonyl (C=O) groups is 1. The fourth-order valence-electron chi connectivity index (χ4n) is 2.70. The number of carbonyl (C=O) groups excluding carboxylic acids is 1. The fraction of sp³-hybridized carbons (Fsp3) is 0.125. The van der Waals surface area contributed by atoms with Crippen molar-refractivity contribution < 1.29 is 9.53 Å². The molecule has 30 heavy (non-hydrogen) atoms. The summed E-state index contributed by atoms with van der Waals surface area (Å²) in [6.07, 6.45) is 3.77. The zero-order chi connectivity index (χ0) is 21.2. The second-order valence-electron chi connectivity index (χ2n) is 6.41. The molecule has 5 nitrogen and oxygen atoms in total. The second kappa shape index (κ2) is 10.8. The van der Waals surface area contributed by atoms with Crippen LogP contribution in [0.4, 0.5) is 0 Å². The van der Waals surface area contributed by atoms with Crippen molar-refractivity contribution in [3.63, 3.8) is 0 Å². The summed E-state index contributed by atoms with van der Waals surface area (Å²) in [6, 6.07) is 22.2. The third kappa shape index (κ3) is 6.20. The molecule has 0 radical (unpaired) electrons. The highest BCUT2D eigenvalue weighted by molar-refractivity contribution is 6.30. The molecule has 2 aromatic carbocycles. The van der Waals surface area contributed by atoms with Gasteiger partial charge < -0.3 is 10.1 Å². The highest BCUT2D eigenvalue weighted by Crippen LogP contribution is 2.23. The van der Waals surface area contributed by atoms with E-state index in [1.807, 2.05) is 60.7 Å². The van der Waals surface area contributed by atoms with Gasteiger partial charge in [0, 0.05) is 23.3 Å². The normalized spacial score (nSPS) is 10.9. The van der Waals surface area contributed by atoms with E-state index >= 15 is 0 Å². The van der Waals surface area contributed by atoms with E-state index in [9.17, 15) is 4.79 Å². The van der Waals surface area contributed by atoms with Crippen LogP contribution in [-0.4, -0.2) is 17.4 Å². The smallest absolute Gasteiger partial charge is 0.251 e. The van der Waals surface area contributed by atoms with Gasteiger partial charge in [0.15, 0.2) is 0 Å². The molecule has 1 amide bonds. The molecular formula is C24H20ClN3O2. The predicted octanol–water partition coefficient (Wildman–Crippen LogP) is 4.88. The SMILES string of the molecule is N#CCCNC(=O)C(=Cc1ccc(Cl)cc1)c1ccc(OCc2ccccn2)cc1. The number of hydrogen-bond donors (Lipinski definition) is 1. The lowest BCUT2D eigenvalue weighted by Gasteiger charge is -2.11. The molecule has 1 heterocycles. The Balaban J connectivity index is 1.79. The minimum absolute atomic E-state index is 0.248. The molecule has 3 aromatic rings. The number of nitrogens with one attached hydrogen (secondary N) is 1. The number of aromatic nitrogens is 1. The zero-order valence-electron chi connectivity index (χ0n) is 16.2. The summed E-state index contributed by atoms with van der Waals surface area (Å²) in [6.45, 7) is 0.654. The van der Waals surface area contributed by atoms with Crippen molar-refractivity contribution in [3.05, 3.63) is 94.8 Å². The van der Waals surface area contributed by atoms with Crippen LogP contribution in [0.25, 0.3) is 11.6 Å². The Morgan fingerprint density at radius 3 is 2.53 bits per heavy atom. The highest BCUT2D eigenvalue weighted by atomic mass is 35.5. The topological polar surface area (TPSA) is 75.0 Å². The molecule has 0 atom stereocenters. The van der Waals surface area contributed by atoms with Crippen LogP contribution in [0.15, 0.2) is 72.9 Å². The maximum atomic E-state index is 12.7. The van der Waals surface area contributed by atoms with Crippen LogP contribution < -0.4 is 10.1 Å². The Labute approximate surface area is 180 Å². The van der Waals surface area contributed by atoms with Crippen LogP contribution in [0.5, 0.6) is 5.75 Å². The average molecular weight is 418 g/mol. The van der Waals surface area contributed by atoms with Gasteiger partial charge in [0.25, 0.3) is 5.91 Å². The molecule has 6 heteroatoms. The second-order valence-corrected chi connectivity index (χ2v) is 6.84. The summed E-state index contributed by atoms with van der Waals surface area (Å²) < 4.78 is 5.76. The summed E-state index contributed by atoms with van der Waals surface area (Å²) in [7, 11) is 0. The van der Waals surface area contributed by atoms with Gasteiger partial charge in [0.1, 0.15) is 12.4 Å². The van der Waals surface area contributed by atoms with E-state index in [1.54, 1.807) is 24.4 Å². The van der Waals surface area contributed by atoms with Crippen LogP contribution in [0.1, 0.15) is 23.2 Å². The summed E-state index contributed by atoms with van der Waals surface area (Å²) >= 11 is 5.95. The van der Waals surface area contributed by atoms with Crippen LogP contribution in [-0.2, 0) is 11.4 Å². The van der Waals surface area contributed by atoms with Gasteiger partial charge in [-0.3, -0.25) is 9.78 Å². The van der Waals surface area contributed by atoms with Crippen molar-refractivity contribution in [2.45, 2.75) is 13.0 Å². The van der Waals surface area contributed by atoms with Gasteiger partial charge >= 0.3 is 0 Å². The maximum Gasteiger partial charge on any atom is 0.251 e. The minimum atomic E-state index is -0.248. The van der Waals surface area contributed by atoms with Gasteiger partial charge in [0.05, 0.1) is 18.2 Å². The van der Waals surface area contributed by atoms with Gasteiger partial charge in [-0.1, -0.05) is 41.9 Å². The molecule has 0 bridgehead atoms. The van der Waals surface area contributed by atoms with Crippen molar-refractivity contribution >= 4 is 29.2 Å². The van der Waals surface area contributed by atoms with Crippen molar-refractivity contribution in [1.29, 1.82) is 5.26 Å². The summed E-state index contributed by atoms with van der Waals surface area (Å²) in [4.78, 5) is 17.0. The number of benzene rings is 2. The number of halogens is 1. The average Bonchev–Trinajstić information content (AvgIpc) is 2.78. The maximum absolute atomic E-state index is 12.7. The number of nitrogens with zero attached hydrogens (tertiary/aromatic N) is 2. The Morgan fingerprint density at radius 2 is 1.87 bits per heavy atom. The van der Waals surface area contributed by atoms with E-state index in [1.165, 1.54) is 0 Å². The lowest BCUT2D eigenvalue weighted by Crippen LogP contribution is -2.25. The quantitative estimate of drug-likeness (QED) is 0.322. The molecule has 0 spiro atoms. The Hall–Kier alpha value is -3.62. The van der Waals surface area contributed by atoms with Crippen molar-refractivity contribution in [2.24, 2.45) is 0 Å². The molecule has 0 aliphatic carbocycles. The van der Waals surface area contributed by atoms with Gasteiger partial charge in [0.2, 0.25) is 0 Å². The molecule has 0 fully saturated rings. The largest absolute Gasteiger partial charge is 0.487 e. The molecule has 0 saturated carbocycles. The molecule has 1 N–H and O–H groups in total. The number of nitriles is 1. The lowest BCUT2D eigenvalue weighted by molar-refractivity contribution is -0.115. The summed E-state index contributed by atoms with van der Waals surface area (Å²) in [5.74, 6) is 0.433. The van der Waals surface area contributed by atoms with Crippen LogP contribution >= 0.6 is 11.6 Å². The highest BCUT2D eigenvalue weighted by Gasteiger charge is 2.12. The van der Waals surface area contributed by atoms with Crippen molar-refractivity contribution in [3.8, 4) is 11.8 Å². The molecule has 0 saturated heterocycles. The number of rotatable bonds is 8.